The molecule has 4 heteroatoms. The van der Waals surface area contributed by atoms with Gasteiger partial charge in [-0.15, -0.1) is 0 Å². The maximum atomic E-state index is 9.61. The van der Waals surface area contributed by atoms with Crippen molar-refractivity contribution in [2.24, 2.45) is 4.99 Å². The summed E-state index contributed by atoms with van der Waals surface area (Å²) in [5.74, 6) is 0. The van der Waals surface area contributed by atoms with Crippen LogP contribution in [0.1, 0.15) is 36.1 Å². The minimum Gasteiger partial charge on any atom is -0.423 e. The van der Waals surface area contributed by atoms with Gasteiger partial charge >= 0.3 is 7.12 Å². The van der Waals surface area contributed by atoms with Crippen LogP contribution in [-0.2, 0) is 12.8 Å². The van der Waals surface area contributed by atoms with E-state index >= 15 is 0 Å². The van der Waals surface area contributed by atoms with Crippen molar-refractivity contribution in [3.63, 3.8) is 0 Å². The molecule has 3 nitrogen and oxygen atoms in total. The first-order valence-corrected chi connectivity index (χ1v) is 9.35. The van der Waals surface area contributed by atoms with Gasteiger partial charge < -0.3 is 10.0 Å². The lowest BCUT2D eigenvalue weighted by atomic mass is 9.77. The highest BCUT2D eigenvalue weighted by Crippen LogP contribution is 2.27. The van der Waals surface area contributed by atoms with E-state index in [9.17, 15) is 10.0 Å². The SMILES string of the molecule is CCc1cc(B(O)O)cc(CC)c1N=C(c1ccccc1)c1ccccc1. The number of nitrogens with zero attached hydrogens (tertiary/aromatic N) is 1. The molecule has 0 bridgehead atoms. The predicted octanol–water partition coefficient (Wildman–Crippen LogP) is 3.66. The molecule has 0 aliphatic rings. The summed E-state index contributed by atoms with van der Waals surface area (Å²) in [4.78, 5) is 5.09. The minimum absolute atomic E-state index is 0.517. The maximum Gasteiger partial charge on any atom is 0.488 e. The molecule has 0 radical (unpaired) electrons. The van der Waals surface area contributed by atoms with Gasteiger partial charge in [-0.05, 0) is 29.4 Å². The molecule has 0 heterocycles. The molecule has 3 rings (SSSR count). The van der Waals surface area contributed by atoms with Crippen molar-refractivity contribution in [3.8, 4) is 0 Å². The Kier molecular flexibility index (Phi) is 6.22. The van der Waals surface area contributed by atoms with Gasteiger partial charge in [0, 0.05) is 11.1 Å². The van der Waals surface area contributed by atoms with Crippen LogP contribution in [0.4, 0.5) is 5.69 Å². The second kappa shape index (κ2) is 8.80. The van der Waals surface area contributed by atoms with Crippen LogP contribution < -0.4 is 5.46 Å². The Morgan fingerprint density at radius 1 is 0.778 bits per heavy atom. The molecular formula is C23H24BNO2. The first-order valence-electron chi connectivity index (χ1n) is 9.35. The number of benzene rings is 3. The zero-order valence-corrected chi connectivity index (χ0v) is 15.8. The van der Waals surface area contributed by atoms with Gasteiger partial charge in [0.25, 0.3) is 0 Å². The number of aryl methyl sites for hydroxylation is 2. The second-order valence-electron chi connectivity index (χ2n) is 6.46. The van der Waals surface area contributed by atoms with Gasteiger partial charge in [-0.2, -0.15) is 0 Å². The van der Waals surface area contributed by atoms with Crippen LogP contribution in [0.15, 0.2) is 77.8 Å². The molecule has 0 unspecified atom stereocenters. The van der Waals surface area contributed by atoms with E-state index in [1.807, 2.05) is 48.5 Å². The number of rotatable bonds is 6. The van der Waals surface area contributed by atoms with Crippen LogP contribution in [0, 0.1) is 0 Å². The highest BCUT2D eigenvalue weighted by Gasteiger charge is 2.17. The van der Waals surface area contributed by atoms with E-state index in [0.29, 0.717) is 5.46 Å². The third kappa shape index (κ3) is 4.36. The third-order valence-electron chi connectivity index (χ3n) is 4.67. The quantitative estimate of drug-likeness (QED) is 0.523. The molecule has 136 valence electrons. The molecule has 3 aromatic rings. The topological polar surface area (TPSA) is 52.8 Å². The van der Waals surface area contributed by atoms with Gasteiger partial charge in [-0.1, -0.05) is 86.6 Å². The summed E-state index contributed by atoms with van der Waals surface area (Å²) in [6.07, 6.45) is 1.53. The molecule has 0 fully saturated rings. The van der Waals surface area contributed by atoms with E-state index < -0.39 is 7.12 Å². The maximum absolute atomic E-state index is 9.61. The van der Waals surface area contributed by atoms with Gasteiger partial charge in [-0.25, -0.2) is 4.99 Å². The van der Waals surface area contributed by atoms with Crippen molar-refractivity contribution < 1.29 is 10.0 Å². The summed E-state index contributed by atoms with van der Waals surface area (Å²) in [6, 6.07) is 24.0. The predicted molar refractivity (Wildman–Crippen MR) is 113 cm³/mol. The van der Waals surface area contributed by atoms with E-state index in [1.165, 1.54) is 0 Å². The Balaban J connectivity index is 2.24. The van der Waals surface area contributed by atoms with Crippen molar-refractivity contribution in [3.05, 3.63) is 95.1 Å². The van der Waals surface area contributed by atoms with E-state index in [1.54, 1.807) is 0 Å². The molecule has 3 aromatic carbocycles. The highest BCUT2D eigenvalue weighted by atomic mass is 16.4. The van der Waals surface area contributed by atoms with E-state index in [0.717, 1.165) is 46.5 Å². The highest BCUT2D eigenvalue weighted by molar-refractivity contribution is 6.58. The molecule has 0 atom stereocenters. The fourth-order valence-electron chi connectivity index (χ4n) is 3.22. The van der Waals surface area contributed by atoms with Crippen LogP contribution in [0.3, 0.4) is 0 Å². The van der Waals surface area contributed by atoms with Crippen molar-refractivity contribution in [2.45, 2.75) is 26.7 Å². The largest absolute Gasteiger partial charge is 0.488 e. The molecular weight excluding hydrogens is 333 g/mol. The fraction of sp³-hybridized carbons (Fsp3) is 0.174. The Bertz CT molecular complexity index is 855. The van der Waals surface area contributed by atoms with Crippen molar-refractivity contribution >= 4 is 24.0 Å². The van der Waals surface area contributed by atoms with E-state index in [-0.39, 0.29) is 0 Å². The smallest absolute Gasteiger partial charge is 0.423 e. The summed E-state index contributed by atoms with van der Waals surface area (Å²) in [7, 11) is -1.47. The number of hydrogen-bond acceptors (Lipinski definition) is 3. The first-order chi connectivity index (χ1) is 13.1. The van der Waals surface area contributed by atoms with Crippen LogP contribution in [0.5, 0.6) is 0 Å². The lowest BCUT2D eigenvalue weighted by molar-refractivity contribution is 0.425. The van der Waals surface area contributed by atoms with E-state index in [4.69, 9.17) is 4.99 Å². The first kappa shape index (κ1) is 19.1. The van der Waals surface area contributed by atoms with Crippen LogP contribution in [0.2, 0.25) is 0 Å². The Morgan fingerprint density at radius 2 is 1.22 bits per heavy atom. The number of hydrogen-bond donors (Lipinski definition) is 2. The summed E-state index contributed by atoms with van der Waals surface area (Å²) in [5, 5.41) is 19.2. The molecule has 0 aliphatic carbocycles. The zero-order valence-electron chi connectivity index (χ0n) is 15.8. The molecule has 27 heavy (non-hydrogen) atoms. The fourth-order valence-corrected chi connectivity index (χ4v) is 3.22. The minimum atomic E-state index is -1.47. The lowest BCUT2D eigenvalue weighted by Gasteiger charge is -2.15. The summed E-state index contributed by atoms with van der Waals surface area (Å²) >= 11 is 0. The lowest BCUT2D eigenvalue weighted by Crippen LogP contribution is -2.30. The van der Waals surface area contributed by atoms with Crippen molar-refractivity contribution in [2.75, 3.05) is 0 Å². The molecule has 0 saturated carbocycles. The molecule has 0 amide bonds. The van der Waals surface area contributed by atoms with Crippen molar-refractivity contribution in [1.82, 2.24) is 0 Å². The molecule has 0 aliphatic heterocycles. The van der Waals surface area contributed by atoms with Gasteiger partial charge in [0.05, 0.1) is 11.4 Å². The average Bonchev–Trinajstić information content (AvgIpc) is 2.72. The Labute approximate surface area is 161 Å². The van der Waals surface area contributed by atoms with Crippen LogP contribution in [-0.4, -0.2) is 22.9 Å². The standard InChI is InChI=1S/C23H24BNO2/c1-3-17-15-21(24(26)27)16-18(4-2)22(17)25-23(19-11-7-5-8-12-19)20-13-9-6-10-14-20/h5-16,26-27H,3-4H2,1-2H3. The monoisotopic (exact) mass is 357 g/mol. The normalized spacial score (nSPS) is 10.5. The van der Waals surface area contributed by atoms with Crippen molar-refractivity contribution in [1.29, 1.82) is 0 Å². The number of aliphatic imine (C=N–C) groups is 1. The van der Waals surface area contributed by atoms with Gasteiger partial charge in [0.15, 0.2) is 0 Å². The molecule has 0 saturated heterocycles. The van der Waals surface area contributed by atoms with Gasteiger partial charge in [0.1, 0.15) is 0 Å². The average molecular weight is 357 g/mol. The second-order valence-corrected chi connectivity index (χ2v) is 6.46. The summed E-state index contributed by atoms with van der Waals surface area (Å²) < 4.78 is 0. The van der Waals surface area contributed by atoms with Crippen LogP contribution in [0.25, 0.3) is 0 Å². The zero-order chi connectivity index (χ0) is 19.2. The Hall–Kier alpha value is -2.69. The molecule has 0 aromatic heterocycles. The Morgan fingerprint density at radius 3 is 1.59 bits per heavy atom. The summed E-state index contributed by atoms with van der Waals surface area (Å²) in [6.45, 7) is 4.12. The summed E-state index contributed by atoms with van der Waals surface area (Å²) in [5.41, 5.74) is 6.50. The van der Waals surface area contributed by atoms with Crippen LogP contribution >= 0.6 is 0 Å². The van der Waals surface area contributed by atoms with Gasteiger partial charge in [-0.3, -0.25) is 0 Å². The molecule has 0 spiro atoms. The van der Waals surface area contributed by atoms with E-state index in [2.05, 4.69) is 38.1 Å². The third-order valence-corrected chi connectivity index (χ3v) is 4.67. The van der Waals surface area contributed by atoms with Gasteiger partial charge in [0.2, 0.25) is 0 Å². The molecule has 2 N–H and O–H groups in total.